The number of anilines is 1. The van der Waals surface area contributed by atoms with E-state index in [1.54, 1.807) is 0 Å². The summed E-state index contributed by atoms with van der Waals surface area (Å²) < 4.78 is 0. The third kappa shape index (κ3) is 3.27. The molecule has 0 saturated carbocycles. The predicted molar refractivity (Wildman–Crippen MR) is 76.5 cm³/mol. The molecule has 8 heteroatoms. The number of nitrogens with one attached hydrogen (secondary N) is 1. The molecule has 1 aliphatic heterocycles. The molecular weight excluding hydrogens is 276 g/mol. The lowest BCUT2D eigenvalue weighted by atomic mass is 9.92. The molecule has 21 heavy (non-hydrogen) atoms. The minimum Gasteiger partial charge on any atom is -0.465 e. The van der Waals surface area contributed by atoms with Crippen molar-refractivity contribution in [1.82, 2.24) is 10.3 Å². The van der Waals surface area contributed by atoms with E-state index in [2.05, 4.69) is 17.2 Å². The SMILES string of the molecule is CC[C@H]1CNC[C@@H](N(C(=O)O)c2ccncc2[N+](=O)[O-])C1. The minimum atomic E-state index is -1.19. The van der Waals surface area contributed by atoms with Crippen LogP contribution in [0.3, 0.4) is 0 Å². The number of pyridine rings is 1. The maximum atomic E-state index is 11.6. The Bertz CT molecular complexity index is 537. The molecular formula is C13H18N4O4. The van der Waals surface area contributed by atoms with E-state index in [0.29, 0.717) is 18.9 Å². The standard InChI is InChI=1S/C13H18N4O4/c1-2-9-5-10(7-15-6-9)16(13(18)19)11-3-4-14-8-12(11)17(20)21/h3-4,8-10,15H,2,5-7H2,1H3,(H,18,19)/t9-,10+/m1/s1. The largest absolute Gasteiger partial charge is 0.465 e. The molecule has 2 atom stereocenters. The lowest BCUT2D eigenvalue weighted by Gasteiger charge is -2.35. The molecule has 0 radical (unpaired) electrons. The van der Waals surface area contributed by atoms with Gasteiger partial charge in [-0.1, -0.05) is 13.3 Å². The highest BCUT2D eigenvalue weighted by molar-refractivity contribution is 5.89. The van der Waals surface area contributed by atoms with Crippen molar-refractivity contribution in [3.8, 4) is 0 Å². The normalized spacial score (nSPS) is 21.8. The Morgan fingerprint density at radius 3 is 3.00 bits per heavy atom. The van der Waals surface area contributed by atoms with Gasteiger partial charge in [0.1, 0.15) is 11.9 Å². The number of piperidine rings is 1. The van der Waals surface area contributed by atoms with Crippen LogP contribution in [0.4, 0.5) is 16.2 Å². The molecule has 1 fully saturated rings. The number of aromatic nitrogens is 1. The van der Waals surface area contributed by atoms with Crippen LogP contribution in [-0.2, 0) is 0 Å². The van der Waals surface area contributed by atoms with Crippen molar-refractivity contribution in [2.75, 3.05) is 18.0 Å². The van der Waals surface area contributed by atoms with E-state index in [1.807, 2.05) is 0 Å². The summed E-state index contributed by atoms with van der Waals surface area (Å²) in [6.07, 6.45) is 2.89. The third-order valence-corrected chi connectivity index (χ3v) is 3.80. The molecule has 1 aliphatic rings. The number of carboxylic acid groups (broad SMARTS) is 1. The molecule has 2 rings (SSSR count). The van der Waals surface area contributed by atoms with Gasteiger partial charge in [0.25, 0.3) is 0 Å². The molecule has 0 aromatic carbocycles. The van der Waals surface area contributed by atoms with Crippen LogP contribution in [0.25, 0.3) is 0 Å². The summed E-state index contributed by atoms with van der Waals surface area (Å²) in [6.45, 7) is 3.38. The van der Waals surface area contributed by atoms with Gasteiger partial charge in [-0.25, -0.2) is 4.79 Å². The predicted octanol–water partition coefficient (Wildman–Crippen LogP) is 1.86. The maximum Gasteiger partial charge on any atom is 0.412 e. The van der Waals surface area contributed by atoms with Crippen molar-refractivity contribution in [2.24, 2.45) is 5.92 Å². The Hall–Kier alpha value is -2.22. The highest BCUT2D eigenvalue weighted by atomic mass is 16.6. The summed E-state index contributed by atoms with van der Waals surface area (Å²) in [7, 11) is 0. The van der Waals surface area contributed by atoms with Gasteiger partial charge >= 0.3 is 11.8 Å². The van der Waals surface area contributed by atoms with Gasteiger partial charge in [-0.05, 0) is 24.9 Å². The zero-order chi connectivity index (χ0) is 15.4. The van der Waals surface area contributed by atoms with Crippen molar-refractivity contribution in [2.45, 2.75) is 25.8 Å². The molecule has 1 amide bonds. The lowest BCUT2D eigenvalue weighted by molar-refractivity contribution is -0.384. The number of hydrogen-bond donors (Lipinski definition) is 2. The van der Waals surface area contributed by atoms with Crippen molar-refractivity contribution in [1.29, 1.82) is 0 Å². The Labute approximate surface area is 121 Å². The Morgan fingerprint density at radius 2 is 2.38 bits per heavy atom. The molecule has 8 nitrogen and oxygen atoms in total. The van der Waals surface area contributed by atoms with Crippen LogP contribution in [0, 0.1) is 16.0 Å². The van der Waals surface area contributed by atoms with Crippen molar-refractivity contribution in [3.05, 3.63) is 28.6 Å². The molecule has 114 valence electrons. The second kappa shape index (κ2) is 6.49. The monoisotopic (exact) mass is 294 g/mol. The Morgan fingerprint density at radius 1 is 1.62 bits per heavy atom. The van der Waals surface area contributed by atoms with E-state index in [-0.39, 0.29) is 17.4 Å². The van der Waals surface area contributed by atoms with Gasteiger partial charge in [0.2, 0.25) is 0 Å². The minimum absolute atomic E-state index is 0.0750. The smallest absolute Gasteiger partial charge is 0.412 e. The van der Waals surface area contributed by atoms with E-state index < -0.39 is 11.0 Å². The first-order valence-electron chi connectivity index (χ1n) is 6.85. The first-order chi connectivity index (χ1) is 10.0. The zero-order valence-electron chi connectivity index (χ0n) is 11.7. The number of amides is 1. The molecule has 2 heterocycles. The average molecular weight is 294 g/mol. The van der Waals surface area contributed by atoms with Crippen LogP contribution < -0.4 is 10.2 Å². The van der Waals surface area contributed by atoms with Gasteiger partial charge in [-0.3, -0.25) is 20.0 Å². The van der Waals surface area contributed by atoms with Crippen LogP contribution >= 0.6 is 0 Å². The van der Waals surface area contributed by atoms with Crippen LogP contribution in [0.2, 0.25) is 0 Å². The second-order valence-corrected chi connectivity index (χ2v) is 5.10. The number of carbonyl (C=O) groups is 1. The third-order valence-electron chi connectivity index (χ3n) is 3.80. The molecule has 0 unspecified atom stereocenters. The van der Waals surface area contributed by atoms with Crippen LogP contribution in [0.5, 0.6) is 0 Å². The quantitative estimate of drug-likeness (QED) is 0.648. The van der Waals surface area contributed by atoms with Gasteiger partial charge < -0.3 is 10.4 Å². The van der Waals surface area contributed by atoms with Gasteiger partial charge in [-0.15, -0.1) is 0 Å². The molecule has 1 aromatic rings. The fraction of sp³-hybridized carbons (Fsp3) is 0.538. The van der Waals surface area contributed by atoms with Gasteiger partial charge in [0, 0.05) is 12.7 Å². The van der Waals surface area contributed by atoms with Gasteiger partial charge in [0.05, 0.1) is 11.0 Å². The second-order valence-electron chi connectivity index (χ2n) is 5.10. The van der Waals surface area contributed by atoms with Crippen LogP contribution in [0.1, 0.15) is 19.8 Å². The molecule has 1 saturated heterocycles. The summed E-state index contributed by atoms with van der Waals surface area (Å²) in [5.41, 5.74) is -0.218. The first-order valence-corrected chi connectivity index (χ1v) is 6.85. The first kappa shape index (κ1) is 15.2. The topological polar surface area (TPSA) is 109 Å². The average Bonchev–Trinajstić information content (AvgIpc) is 2.47. The van der Waals surface area contributed by atoms with Gasteiger partial charge in [-0.2, -0.15) is 0 Å². The van der Waals surface area contributed by atoms with Crippen molar-refractivity contribution >= 4 is 17.5 Å². The highest BCUT2D eigenvalue weighted by Crippen LogP contribution is 2.31. The summed E-state index contributed by atoms with van der Waals surface area (Å²) >= 11 is 0. The molecule has 0 bridgehead atoms. The number of nitro groups is 1. The zero-order valence-corrected chi connectivity index (χ0v) is 11.7. The molecule has 0 aliphatic carbocycles. The van der Waals surface area contributed by atoms with E-state index in [0.717, 1.165) is 24.1 Å². The molecule has 2 N–H and O–H groups in total. The van der Waals surface area contributed by atoms with Gasteiger partial charge in [0.15, 0.2) is 0 Å². The number of rotatable bonds is 4. The molecule has 1 aromatic heterocycles. The Balaban J connectivity index is 2.35. The van der Waals surface area contributed by atoms with E-state index in [9.17, 15) is 20.0 Å². The fourth-order valence-electron chi connectivity index (χ4n) is 2.69. The molecule has 0 spiro atoms. The van der Waals surface area contributed by atoms with E-state index in [1.165, 1.54) is 12.3 Å². The maximum absolute atomic E-state index is 11.6. The Kier molecular flexibility index (Phi) is 4.69. The summed E-state index contributed by atoms with van der Waals surface area (Å²) in [6, 6.07) is 1.06. The fourth-order valence-corrected chi connectivity index (χ4v) is 2.69. The summed E-state index contributed by atoms with van der Waals surface area (Å²) in [5.74, 6) is 0.367. The van der Waals surface area contributed by atoms with E-state index in [4.69, 9.17) is 0 Å². The highest BCUT2D eigenvalue weighted by Gasteiger charge is 2.33. The number of nitrogens with zero attached hydrogens (tertiary/aromatic N) is 3. The van der Waals surface area contributed by atoms with Crippen LogP contribution in [-0.4, -0.2) is 40.2 Å². The van der Waals surface area contributed by atoms with Crippen LogP contribution in [0.15, 0.2) is 18.5 Å². The number of hydrogen-bond acceptors (Lipinski definition) is 5. The lowest BCUT2D eigenvalue weighted by Crippen LogP contribution is -2.51. The van der Waals surface area contributed by atoms with E-state index >= 15 is 0 Å². The summed E-state index contributed by atoms with van der Waals surface area (Å²) in [5, 5.41) is 23.8. The van der Waals surface area contributed by atoms with Crippen molar-refractivity contribution in [3.63, 3.8) is 0 Å². The van der Waals surface area contributed by atoms with Crippen molar-refractivity contribution < 1.29 is 14.8 Å². The summed E-state index contributed by atoms with van der Waals surface area (Å²) in [4.78, 5) is 26.9.